The van der Waals surface area contributed by atoms with E-state index in [1.54, 1.807) is 17.0 Å². The molecule has 198 valence electrons. The minimum Gasteiger partial charge on any atom is -0.344 e. The van der Waals surface area contributed by atoms with Crippen LogP contribution in [0.15, 0.2) is 18.2 Å². The van der Waals surface area contributed by atoms with Gasteiger partial charge in [0.25, 0.3) is 0 Å². The molecule has 0 bridgehead atoms. The van der Waals surface area contributed by atoms with Gasteiger partial charge in [-0.2, -0.15) is 0 Å². The first-order valence-electron chi connectivity index (χ1n) is 13.6. The maximum absolute atomic E-state index is 15.1. The summed E-state index contributed by atoms with van der Waals surface area (Å²) in [6, 6.07) is 3.94. The molecule has 1 aliphatic heterocycles. The van der Waals surface area contributed by atoms with E-state index in [1.165, 1.54) is 31.7 Å². The molecule has 36 heavy (non-hydrogen) atoms. The van der Waals surface area contributed by atoms with E-state index in [2.05, 4.69) is 15.5 Å². The van der Waals surface area contributed by atoms with E-state index >= 15 is 4.39 Å². The molecule has 8 heteroatoms. The topological polar surface area (TPSA) is 81.8 Å². The minimum absolute atomic E-state index is 0.131. The molecule has 3 amide bonds. The Balaban J connectivity index is 1.43. The molecule has 3 fully saturated rings. The number of likely N-dealkylation sites (N-methyl/N-ethyl adjacent to an activating group) is 1. The number of anilines is 1. The molecule has 1 aromatic carbocycles. The summed E-state index contributed by atoms with van der Waals surface area (Å²) >= 11 is 0. The van der Waals surface area contributed by atoms with Gasteiger partial charge in [0.2, 0.25) is 17.7 Å². The van der Waals surface area contributed by atoms with Crippen LogP contribution in [-0.4, -0.2) is 66.8 Å². The number of nitrogens with one attached hydrogen (secondary N) is 2. The fourth-order valence-electron chi connectivity index (χ4n) is 5.39. The van der Waals surface area contributed by atoms with Crippen molar-refractivity contribution in [2.45, 2.75) is 70.8 Å². The van der Waals surface area contributed by atoms with Gasteiger partial charge in [-0.15, -0.1) is 0 Å². The number of hydrogen-bond donors (Lipinski definition) is 2. The van der Waals surface area contributed by atoms with Gasteiger partial charge in [-0.05, 0) is 74.6 Å². The van der Waals surface area contributed by atoms with Crippen LogP contribution in [0.2, 0.25) is 0 Å². The first-order chi connectivity index (χ1) is 17.3. The summed E-state index contributed by atoms with van der Waals surface area (Å²) in [6.45, 7) is 6.52. The highest BCUT2D eigenvalue weighted by Gasteiger charge is 2.42. The predicted octanol–water partition coefficient (Wildman–Crippen LogP) is 3.75. The second-order valence-corrected chi connectivity index (χ2v) is 11.0. The van der Waals surface area contributed by atoms with Crippen LogP contribution >= 0.6 is 0 Å². The Labute approximate surface area is 214 Å². The van der Waals surface area contributed by atoms with Crippen molar-refractivity contribution in [1.82, 2.24) is 15.1 Å². The molecule has 2 saturated carbocycles. The molecule has 2 atom stereocenters. The van der Waals surface area contributed by atoms with Crippen LogP contribution in [0, 0.1) is 23.6 Å². The summed E-state index contributed by atoms with van der Waals surface area (Å²) in [7, 11) is 2.02. The average molecular weight is 501 g/mol. The third-order valence-corrected chi connectivity index (χ3v) is 8.04. The van der Waals surface area contributed by atoms with Crippen molar-refractivity contribution in [2.24, 2.45) is 17.8 Å². The second-order valence-electron chi connectivity index (χ2n) is 11.0. The first-order valence-corrected chi connectivity index (χ1v) is 13.6. The number of piperazine rings is 1. The molecule has 4 rings (SSSR count). The van der Waals surface area contributed by atoms with Gasteiger partial charge in [-0.3, -0.25) is 14.4 Å². The fraction of sp³-hybridized carbons (Fsp3) is 0.679. The fourth-order valence-corrected chi connectivity index (χ4v) is 5.39. The predicted molar refractivity (Wildman–Crippen MR) is 138 cm³/mol. The molecule has 0 spiro atoms. The molecule has 1 aromatic rings. The van der Waals surface area contributed by atoms with Gasteiger partial charge in [-0.1, -0.05) is 19.9 Å². The Morgan fingerprint density at radius 3 is 2.22 bits per heavy atom. The maximum Gasteiger partial charge on any atom is 0.245 e. The van der Waals surface area contributed by atoms with Crippen molar-refractivity contribution < 1.29 is 18.8 Å². The Hall–Kier alpha value is -2.48. The van der Waals surface area contributed by atoms with Crippen LogP contribution in [-0.2, 0) is 14.4 Å². The lowest BCUT2D eigenvalue weighted by atomic mass is 9.91. The standard InChI is InChI=1S/C28H41FN4O3/c1-4-5-25(34)31-27(28(36)33-14-12-32(3)13-15-33)18(2)21-10-11-24(23(29)16-21)30-26(35)17-22(19-6-7-19)20-8-9-20/h10-11,16,18-20,22,27H,4-9,12-15,17H2,1-3H3,(H,30,35)(H,31,34). The first kappa shape index (κ1) is 26.6. The van der Waals surface area contributed by atoms with Crippen molar-refractivity contribution in [3.63, 3.8) is 0 Å². The van der Waals surface area contributed by atoms with E-state index in [-0.39, 0.29) is 23.4 Å². The molecule has 2 unspecified atom stereocenters. The Morgan fingerprint density at radius 1 is 1.03 bits per heavy atom. The van der Waals surface area contributed by atoms with Crippen molar-refractivity contribution in [2.75, 3.05) is 38.5 Å². The van der Waals surface area contributed by atoms with Crippen LogP contribution in [0.5, 0.6) is 0 Å². The second kappa shape index (κ2) is 11.7. The van der Waals surface area contributed by atoms with Crippen molar-refractivity contribution in [3.8, 4) is 0 Å². The van der Waals surface area contributed by atoms with Crippen LogP contribution in [0.4, 0.5) is 10.1 Å². The molecule has 2 N–H and O–H groups in total. The Kier molecular flexibility index (Phi) is 8.65. The van der Waals surface area contributed by atoms with Crippen LogP contribution < -0.4 is 10.6 Å². The van der Waals surface area contributed by atoms with Crippen LogP contribution in [0.3, 0.4) is 0 Å². The van der Waals surface area contributed by atoms with E-state index in [0.717, 1.165) is 13.1 Å². The minimum atomic E-state index is -0.773. The zero-order valence-corrected chi connectivity index (χ0v) is 21.9. The number of carbonyl (C=O) groups excluding carboxylic acids is 3. The van der Waals surface area contributed by atoms with Crippen molar-refractivity contribution in [3.05, 3.63) is 29.6 Å². The lowest BCUT2D eigenvalue weighted by molar-refractivity contribution is -0.138. The monoisotopic (exact) mass is 500 g/mol. The molecule has 3 aliphatic rings. The third kappa shape index (κ3) is 6.84. The number of benzene rings is 1. The third-order valence-electron chi connectivity index (χ3n) is 8.04. The quantitative estimate of drug-likeness (QED) is 0.485. The number of nitrogens with zero attached hydrogens (tertiary/aromatic N) is 2. The summed E-state index contributed by atoms with van der Waals surface area (Å²) in [6.07, 6.45) is 6.30. The smallest absolute Gasteiger partial charge is 0.245 e. The SMILES string of the molecule is CCCC(=O)NC(C(=O)N1CCN(C)CC1)C(C)c1ccc(NC(=O)CC(C2CC2)C2CC2)c(F)c1. The van der Waals surface area contributed by atoms with Gasteiger partial charge in [0.05, 0.1) is 5.69 Å². The van der Waals surface area contributed by atoms with Crippen LogP contribution in [0.1, 0.15) is 70.3 Å². The summed E-state index contributed by atoms with van der Waals surface area (Å²) in [5.41, 5.74) is 0.780. The molecule has 2 aliphatic carbocycles. The van der Waals surface area contributed by atoms with Gasteiger partial charge >= 0.3 is 0 Å². The molecular formula is C28H41FN4O3. The van der Waals surface area contributed by atoms with E-state index in [0.29, 0.717) is 55.7 Å². The highest BCUT2D eigenvalue weighted by molar-refractivity contribution is 5.91. The maximum atomic E-state index is 15.1. The Morgan fingerprint density at radius 2 is 1.67 bits per heavy atom. The summed E-state index contributed by atoms with van der Waals surface area (Å²) in [5, 5.41) is 5.67. The lowest BCUT2D eigenvalue weighted by Gasteiger charge is -2.36. The zero-order chi connectivity index (χ0) is 25.8. The number of hydrogen-bond acceptors (Lipinski definition) is 4. The van der Waals surface area contributed by atoms with Gasteiger partial charge in [-0.25, -0.2) is 4.39 Å². The molecule has 0 aromatic heterocycles. The van der Waals surface area contributed by atoms with Gasteiger partial charge in [0, 0.05) is 44.9 Å². The number of halogens is 1. The largest absolute Gasteiger partial charge is 0.344 e. The zero-order valence-electron chi connectivity index (χ0n) is 21.9. The summed E-state index contributed by atoms with van der Waals surface area (Å²) < 4.78 is 15.1. The van der Waals surface area contributed by atoms with E-state index in [1.807, 2.05) is 20.9 Å². The van der Waals surface area contributed by atoms with Gasteiger partial charge in [0.15, 0.2) is 0 Å². The van der Waals surface area contributed by atoms with Gasteiger partial charge < -0.3 is 20.4 Å². The average Bonchev–Trinajstić information content (AvgIpc) is 3.76. The normalized spacial score (nSPS) is 20.2. The Bertz CT molecular complexity index is 942. The van der Waals surface area contributed by atoms with E-state index < -0.39 is 17.8 Å². The summed E-state index contributed by atoms with van der Waals surface area (Å²) in [5.74, 6) is 0.363. The molecule has 1 saturated heterocycles. The van der Waals surface area contributed by atoms with E-state index in [9.17, 15) is 14.4 Å². The number of carbonyl (C=O) groups is 3. The molecule has 1 heterocycles. The highest BCUT2D eigenvalue weighted by Crippen LogP contribution is 2.50. The molecular weight excluding hydrogens is 459 g/mol. The van der Waals surface area contributed by atoms with Crippen molar-refractivity contribution in [1.29, 1.82) is 0 Å². The lowest BCUT2D eigenvalue weighted by Crippen LogP contribution is -2.55. The van der Waals surface area contributed by atoms with Gasteiger partial charge in [0.1, 0.15) is 11.9 Å². The number of amides is 3. The molecule has 7 nitrogen and oxygen atoms in total. The molecule has 0 radical (unpaired) electrons. The highest BCUT2D eigenvalue weighted by atomic mass is 19.1. The van der Waals surface area contributed by atoms with Crippen LogP contribution in [0.25, 0.3) is 0 Å². The van der Waals surface area contributed by atoms with E-state index in [4.69, 9.17) is 0 Å². The number of rotatable bonds is 11. The van der Waals surface area contributed by atoms with Crippen molar-refractivity contribution >= 4 is 23.4 Å². The summed E-state index contributed by atoms with van der Waals surface area (Å²) in [4.78, 5) is 42.5.